The summed E-state index contributed by atoms with van der Waals surface area (Å²) >= 11 is 0. The van der Waals surface area contributed by atoms with E-state index in [2.05, 4.69) is 30.4 Å². The zero-order valence-electron chi connectivity index (χ0n) is 12.8. The second kappa shape index (κ2) is 6.07. The van der Waals surface area contributed by atoms with Crippen molar-refractivity contribution in [2.24, 2.45) is 11.8 Å². The Labute approximate surface area is 122 Å². The standard InChI is InChI=1S/C18H27NO/c1-13-11-16(9-10-18(13)20-2)19-17-8-7-14-5-3-4-6-15(14)12-17/h9-11,14-15,17,19H,3-8,12H2,1-2H3. The van der Waals surface area contributed by atoms with Crippen LogP contribution in [0.25, 0.3) is 0 Å². The number of hydrogen-bond acceptors (Lipinski definition) is 2. The molecular weight excluding hydrogens is 246 g/mol. The Morgan fingerprint density at radius 1 is 1.05 bits per heavy atom. The third-order valence-electron chi connectivity index (χ3n) is 5.31. The first kappa shape index (κ1) is 13.8. The molecule has 0 aromatic heterocycles. The Hall–Kier alpha value is -1.18. The minimum absolute atomic E-state index is 0.669. The van der Waals surface area contributed by atoms with Crippen molar-refractivity contribution >= 4 is 5.69 Å². The van der Waals surface area contributed by atoms with Crippen LogP contribution in [0.4, 0.5) is 5.69 Å². The van der Waals surface area contributed by atoms with Gasteiger partial charge in [-0.2, -0.15) is 0 Å². The number of hydrogen-bond donors (Lipinski definition) is 1. The van der Waals surface area contributed by atoms with Crippen LogP contribution in [0.3, 0.4) is 0 Å². The first-order valence-corrected chi connectivity index (χ1v) is 8.17. The van der Waals surface area contributed by atoms with Crippen LogP contribution >= 0.6 is 0 Å². The van der Waals surface area contributed by atoms with Crippen molar-refractivity contribution in [3.8, 4) is 5.75 Å². The van der Waals surface area contributed by atoms with Crippen LogP contribution in [-0.2, 0) is 0 Å². The molecule has 0 heterocycles. The van der Waals surface area contributed by atoms with Gasteiger partial charge >= 0.3 is 0 Å². The molecule has 2 saturated carbocycles. The molecule has 20 heavy (non-hydrogen) atoms. The van der Waals surface area contributed by atoms with Gasteiger partial charge in [0.25, 0.3) is 0 Å². The number of nitrogens with one attached hydrogen (secondary N) is 1. The molecule has 2 fully saturated rings. The molecule has 0 spiro atoms. The maximum Gasteiger partial charge on any atom is 0.121 e. The molecule has 3 rings (SSSR count). The second-order valence-corrected chi connectivity index (χ2v) is 6.64. The molecule has 0 bridgehead atoms. The van der Waals surface area contributed by atoms with Gasteiger partial charge in [0.05, 0.1) is 7.11 Å². The van der Waals surface area contributed by atoms with Gasteiger partial charge in [0, 0.05) is 11.7 Å². The van der Waals surface area contributed by atoms with Crippen LogP contribution in [0.1, 0.15) is 50.5 Å². The van der Waals surface area contributed by atoms with Gasteiger partial charge in [0.2, 0.25) is 0 Å². The predicted octanol–water partition coefficient (Wildman–Crippen LogP) is 4.77. The Balaban J connectivity index is 1.62. The summed E-state index contributed by atoms with van der Waals surface area (Å²) in [7, 11) is 1.74. The highest BCUT2D eigenvalue weighted by Gasteiger charge is 2.31. The second-order valence-electron chi connectivity index (χ2n) is 6.64. The molecule has 110 valence electrons. The number of rotatable bonds is 3. The number of benzene rings is 1. The van der Waals surface area contributed by atoms with Crippen molar-refractivity contribution in [1.82, 2.24) is 0 Å². The smallest absolute Gasteiger partial charge is 0.121 e. The van der Waals surface area contributed by atoms with Crippen LogP contribution in [0.2, 0.25) is 0 Å². The summed E-state index contributed by atoms with van der Waals surface area (Å²) < 4.78 is 5.33. The third-order valence-corrected chi connectivity index (χ3v) is 5.31. The quantitative estimate of drug-likeness (QED) is 0.856. The first-order valence-electron chi connectivity index (χ1n) is 8.17. The summed E-state index contributed by atoms with van der Waals surface area (Å²) in [6.07, 6.45) is 10.0. The first-order chi connectivity index (χ1) is 9.76. The fraction of sp³-hybridized carbons (Fsp3) is 0.667. The van der Waals surface area contributed by atoms with E-state index in [1.807, 2.05) is 0 Å². The molecule has 1 aromatic carbocycles. The Kier molecular flexibility index (Phi) is 4.18. The average molecular weight is 273 g/mol. The average Bonchev–Trinajstić information content (AvgIpc) is 2.47. The van der Waals surface area contributed by atoms with Gasteiger partial charge < -0.3 is 10.1 Å². The van der Waals surface area contributed by atoms with E-state index in [0.29, 0.717) is 6.04 Å². The largest absolute Gasteiger partial charge is 0.496 e. The van der Waals surface area contributed by atoms with E-state index >= 15 is 0 Å². The highest BCUT2D eigenvalue weighted by Crippen LogP contribution is 2.41. The fourth-order valence-electron chi connectivity index (χ4n) is 4.21. The SMILES string of the molecule is COc1ccc(NC2CCC3CCCCC3C2)cc1C. The molecule has 2 heteroatoms. The topological polar surface area (TPSA) is 21.3 Å². The number of methoxy groups -OCH3 is 1. The molecular formula is C18H27NO. The van der Waals surface area contributed by atoms with Gasteiger partial charge in [0.1, 0.15) is 5.75 Å². The van der Waals surface area contributed by atoms with Crippen molar-refractivity contribution in [2.45, 2.75) is 57.9 Å². The van der Waals surface area contributed by atoms with Crippen LogP contribution < -0.4 is 10.1 Å². The predicted molar refractivity (Wildman–Crippen MR) is 84.4 cm³/mol. The lowest BCUT2D eigenvalue weighted by atomic mass is 9.69. The van der Waals surface area contributed by atoms with Crippen molar-refractivity contribution in [3.63, 3.8) is 0 Å². The summed E-state index contributed by atoms with van der Waals surface area (Å²) in [5.41, 5.74) is 2.46. The Bertz CT molecular complexity index is 457. The number of anilines is 1. The molecule has 3 unspecified atom stereocenters. The Morgan fingerprint density at radius 2 is 1.85 bits per heavy atom. The Morgan fingerprint density at radius 3 is 2.60 bits per heavy atom. The molecule has 2 aliphatic rings. The van der Waals surface area contributed by atoms with Gasteiger partial charge in [-0.3, -0.25) is 0 Å². The maximum atomic E-state index is 5.33. The van der Waals surface area contributed by atoms with Gasteiger partial charge in [-0.25, -0.2) is 0 Å². The molecule has 1 N–H and O–H groups in total. The normalized spacial score (nSPS) is 29.6. The zero-order valence-corrected chi connectivity index (χ0v) is 12.8. The van der Waals surface area contributed by atoms with E-state index < -0.39 is 0 Å². The summed E-state index contributed by atoms with van der Waals surface area (Å²) in [5.74, 6) is 2.99. The van der Waals surface area contributed by atoms with Gasteiger partial charge in [0.15, 0.2) is 0 Å². The monoisotopic (exact) mass is 273 g/mol. The molecule has 1 aromatic rings. The third kappa shape index (κ3) is 2.94. The summed E-state index contributed by atoms with van der Waals surface area (Å²) in [5, 5.41) is 3.75. The maximum absolute atomic E-state index is 5.33. The van der Waals surface area contributed by atoms with Gasteiger partial charge in [-0.1, -0.05) is 25.7 Å². The van der Waals surface area contributed by atoms with Crippen molar-refractivity contribution < 1.29 is 4.74 Å². The fourth-order valence-corrected chi connectivity index (χ4v) is 4.21. The van der Waals surface area contributed by atoms with E-state index in [1.54, 1.807) is 7.11 Å². The van der Waals surface area contributed by atoms with Crippen LogP contribution in [0.15, 0.2) is 18.2 Å². The lowest BCUT2D eigenvalue weighted by Gasteiger charge is -2.39. The van der Waals surface area contributed by atoms with Gasteiger partial charge in [-0.05, 0) is 61.8 Å². The van der Waals surface area contributed by atoms with E-state index in [9.17, 15) is 0 Å². The lowest BCUT2D eigenvalue weighted by molar-refractivity contribution is 0.162. The van der Waals surface area contributed by atoms with Crippen LogP contribution in [0, 0.1) is 18.8 Å². The summed E-state index contributed by atoms with van der Waals surface area (Å²) in [6, 6.07) is 7.11. The molecule has 3 atom stereocenters. The van der Waals surface area contributed by atoms with Crippen LogP contribution in [0.5, 0.6) is 5.75 Å². The van der Waals surface area contributed by atoms with E-state index in [-0.39, 0.29) is 0 Å². The summed E-state index contributed by atoms with van der Waals surface area (Å²) in [4.78, 5) is 0. The molecule has 0 amide bonds. The zero-order chi connectivity index (χ0) is 13.9. The minimum Gasteiger partial charge on any atom is -0.496 e. The number of fused-ring (bicyclic) bond motifs is 1. The van der Waals surface area contributed by atoms with E-state index in [4.69, 9.17) is 4.74 Å². The van der Waals surface area contributed by atoms with Crippen molar-refractivity contribution in [2.75, 3.05) is 12.4 Å². The number of aryl methyl sites for hydroxylation is 1. The van der Waals surface area contributed by atoms with E-state index in [1.165, 1.54) is 56.2 Å². The lowest BCUT2D eigenvalue weighted by Crippen LogP contribution is -2.34. The molecule has 2 aliphatic carbocycles. The van der Waals surface area contributed by atoms with Crippen molar-refractivity contribution in [3.05, 3.63) is 23.8 Å². The minimum atomic E-state index is 0.669. The van der Waals surface area contributed by atoms with Crippen molar-refractivity contribution in [1.29, 1.82) is 0 Å². The summed E-state index contributed by atoms with van der Waals surface area (Å²) in [6.45, 7) is 2.11. The molecule has 0 radical (unpaired) electrons. The van der Waals surface area contributed by atoms with Gasteiger partial charge in [-0.15, -0.1) is 0 Å². The molecule has 0 saturated heterocycles. The number of ether oxygens (including phenoxy) is 1. The molecule has 2 nitrogen and oxygen atoms in total. The van der Waals surface area contributed by atoms with Crippen LogP contribution in [-0.4, -0.2) is 13.2 Å². The van der Waals surface area contributed by atoms with E-state index in [0.717, 1.165) is 17.6 Å². The highest BCUT2D eigenvalue weighted by atomic mass is 16.5. The molecule has 0 aliphatic heterocycles. The highest BCUT2D eigenvalue weighted by molar-refractivity contribution is 5.51.